The number of hydrogen-bond acceptors (Lipinski definition) is 1. The molecule has 1 atom stereocenters. The number of halogens is 1. The van der Waals surface area contributed by atoms with Crippen LogP contribution in [0.15, 0.2) is 36.4 Å². The average Bonchev–Trinajstić information content (AvgIpc) is 2.29. The summed E-state index contributed by atoms with van der Waals surface area (Å²) in [5.41, 5.74) is 1.74. The first kappa shape index (κ1) is 12.1. The number of aryl methyl sites for hydroxylation is 2. The molecule has 0 fully saturated rings. The van der Waals surface area contributed by atoms with Crippen LogP contribution >= 0.6 is 8.58 Å². The number of rotatable bonds is 2. The summed E-state index contributed by atoms with van der Waals surface area (Å²) in [4.78, 5) is 0. The second-order valence-corrected chi connectivity index (χ2v) is 5.32. The SMILES string of the molecule is Cc1cccc(Pc2c(C)cccc2F)c1O. The smallest absolute Gasteiger partial charge is 0.131 e. The van der Waals surface area contributed by atoms with Gasteiger partial charge in [-0.1, -0.05) is 38.9 Å². The molecular formula is C14H14FOP. The Balaban J connectivity index is 2.42. The third-order valence-electron chi connectivity index (χ3n) is 2.72. The first-order chi connectivity index (χ1) is 8.09. The van der Waals surface area contributed by atoms with Crippen LogP contribution in [0, 0.1) is 19.7 Å². The van der Waals surface area contributed by atoms with Gasteiger partial charge in [-0.25, -0.2) is 4.39 Å². The average molecular weight is 248 g/mol. The molecule has 0 spiro atoms. The molecule has 2 aromatic rings. The molecule has 0 bridgehead atoms. The molecule has 17 heavy (non-hydrogen) atoms. The first-order valence-electron chi connectivity index (χ1n) is 5.40. The monoisotopic (exact) mass is 248 g/mol. The number of phenolic OH excluding ortho intramolecular Hbond substituents is 1. The number of aromatic hydroxyl groups is 1. The van der Waals surface area contributed by atoms with Crippen molar-refractivity contribution in [1.29, 1.82) is 0 Å². The van der Waals surface area contributed by atoms with Crippen molar-refractivity contribution in [3.8, 4) is 5.75 Å². The van der Waals surface area contributed by atoms with E-state index in [0.29, 0.717) is 5.30 Å². The van der Waals surface area contributed by atoms with E-state index < -0.39 is 0 Å². The highest BCUT2D eigenvalue weighted by molar-refractivity contribution is 7.55. The highest BCUT2D eigenvalue weighted by atomic mass is 31.1. The van der Waals surface area contributed by atoms with E-state index in [0.717, 1.165) is 16.4 Å². The molecule has 88 valence electrons. The molecule has 0 aliphatic heterocycles. The Hall–Kier alpha value is -1.40. The van der Waals surface area contributed by atoms with E-state index in [1.54, 1.807) is 6.07 Å². The zero-order valence-corrected chi connectivity index (χ0v) is 10.8. The standard InChI is InChI=1S/C14H14FOP/c1-9-5-4-8-12(13(9)16)17-14-10(2)6-3-7-11(14)15/h3-8,16-17H,1-2H3. The second-order valence-electron chi connectivity index (χ2n) is 4.03. The van der Waals surface area contributed by atoms with Crippen LogP contribution in [0.5, 0.6) is 5.75 Å². The molecule has 0 saturated carbocycles. The van der Waals surface area contributed by atoms with Gasteiger partial charge >= 0.3 is 0 Å². The van der Waals surface area contributed by atoms with Crippen LogP contribution in [-0.4, -0.2) is 5.11 Å². The van der Waals surface area contributed by atoms with Gasteiger partial charge in [0.15, 0.2) is 0 Å². The van der Waals surface area contributed by atoms with Crippen LogP contribution in [0.3, 0.4) is 0 Å². The molecule has 2 rings (SSSR count). The molecule has 1 N–H and O–H groups in total. The summed E-state index contributed by atoms with van der Waals surface area (Å²) in [6, 6.07) is 10.6. The van der Waals surface area contributed by atoms with E-state index in [2.05, 4.69) is 0 Å². The highest BCUT2D eigenvalue weighted by Crippen LogP contribution is 2.23. The van der Waals surface area contributed by atoms with Crippen molar-refractivity contribution in [1.82, 2.24) is 0 Å². The number of para-hydroxylation sites is 1. The minimum atomic E-state index is -0.204. The Bertz CT molecular complexity index is 532. The van der Waals surface area contributed by atoms with E-state index in [1.807, 2.05) is 38.1 Å². The Labute approximate surface area is 102 Å². The van der Waals surface area contributed by atoms with Crippen LogP contribution < -0.4 is 10.6 Å². The van der Waals surface area contributed by atoms with Crippen molar-refractivity contribution in [3.63, 3.8) is 0 Å². The molecule has 0 amide bonds. The quantitative estimate of drug-likeness (QED) is 0.810. The van der Waals surface area contributed by atoms with E-state index in [-0.39, 0.29) is 20.1 Å². The summed E-state index contributed by atoms with van der Waals surface area (Å²) in [5, 5.41) is 11.4. The Morgan fingerprint density at radius 1 is 1.00 bits per heavy atom. The molecule has 0 aliphatic rings. The summed E-state index contributed by atoms with van der Waals surface area (Å²) in [7, 11) is 0.145. The van der Waals surface area contributed by atoms with Gasteiger partial charge in [0.05, 0.1) is 0 Å². The summed E-state index contributed by atoms with van der Waals surface area (Å²) in [6.07, 6.45) is 0. The van der Waals surface area contributed by atoms with Gasteiger partial charge in [-0.15, -0.1) is 0 Å². The van der Waals surface area contributed by atoms with Crippen LogP contribution in [0.2, 0.25) is 0 Å². The van der Waals surface area contributed by atoms with Gasteiger partial charge in [0, 0.05) is 10.6 Å². The third-order valence-corrected chi connectivity index (χ3v) is 4.28. The summed E-state index contributed by atoms with van der Waals surface area (Å²) >= 11 is 0. The molecule has 1 nitrogen and oxygen atoms in total. The van der Waals surface area contributed by atoms with Crippen molar-refractivity contribution in [2.24, 2.45) is 0 Å². The number of hydrogen-bond donors (Lipinski definition) is 1. The van der Waals surface area contributed by atoms with E-state index in [9.17, 15) is 9.50 Å². The van der Waals surface area contributed by atoms with Crippen LogP contribution in [-0.2, 0) is 0 Å². The minimum absolute atomic E-state index is 0.145. The van der Waals surface area contributed by atoms with E-state index in [1.165, 1.54) is 6.07 Å². The zero-order chi connectivity index (χ0) is 12.4. The predicted molar refractivity (Wildman–Crippen MR) is 71.6 cm³/mol. The molecule has 0 aromatic heterocycles. The highest BCUT2D eigenvalue weighted by Gasteiger charge is 2.10. The van der Waals surface area contributed by atoms with Crippen molar-refractivity contribution in [3.05, 3.63) is 53.3 Å². The normalized spacial score (nSPS) is 11.2. The minimum Gasteiger partial charge on any atom is -0.507 e. The number of benzene rings is 2. The lowest BCUT2D eigenvalue weighted by Gasteiger charge is -2.10. The van der Waals surface area contributed by atoms with Crippen molar-refractivity contribution in [2.45, 2.75) is 13.8 Å². The molecule has 0 aliphatic carbocycles. The maximum Gasteiger partial charge on any atom is 0.131 e. The largest absolute Gasteiger partial charge is 0.507 e. The maximum atomic E-state index is 13.7. The molecule has 1 unspecified atom stereocenters. The fourth-order valence-corrected chi connectivity index (χ4v) is 2.93. The van der Waals surface area contributed by atoms with Crippen molar-refractivity contribution < 1.29 is 9.50 Å². The summed E-state index contributed by atoms with van der Waals surface area (Å²) in [6.45, 7) is 3.73. The van der Waals surface area contributed by atoms with Gasteiger partial charge in [0.1, 0.15) is 11.6 Å². The topological polar surface area (TPSA) is 20.2 Å². The lowest BCUT2D eigenvalue weighted by atomic mass is 10.2. The summed E-state index contributed by atoms with van der Waals surface area (Å²) < 4.78 is 13.7. The molecular weight excluding hydrogens is 234 g/mol. The molecule has 0 radical (unpaired) electrons. The predicted octanol–water partition coefficient (Wildman–Crippen LogP) is 2.78. The maximum absolute atomic E-state index is 13.7. The Morgan fingerprint density at radius 2 is 1.65 bits per heavy atom. The lowest BCUT2D eigenvalue weighted by molar-refractivity contribution is 0.475. The van der Waals surface area contributed by atoms with Crippen LogP contribution in [0.1, 0.15) is 11.1 Å². The fraction of sp³-hybridized carbons (Fsp3) is 0.143. The molecule has 0 saturated heterocycles. The van der Waals surface area contributed by atoms with Gasteiger partial charge < -0.3 is 5.11 Å². The molecule has 0 heterocycles. The lowest BCUT2D eigenvalue weighted by Crippen LogP contribution is -2.11. The van der Waals surface area contributed by atoms with Crippen molar-refractivity contribution >= 4 is 19.2 Å². The Kier molecular flexibility index (Phi) is 3.44. The van der Waals surface area contributed by atoms with Crippen LogP contribution in [0.25, 0.3) is 0 Å². The summed E-state index contributed by atoms with van der Waals surface area (Å²) in [5.74, 6) is 0.0673. The molecule has 2 aromatic carbocycles. The zero-order valence-electron chi connectivity index (χ0n) is 9.79. The van der Waals surface area contributed by atoms with E-state index >= 15 is 0 Å². The van der Waals surface area contributed by atoms with Crippen LogP contribution in [0.4, 0.5) is 4.39 Å². The van der Waals surface area contributed by atoms with Gasteiger partial charge in [0.25, 0.3) is 0 Å². The fourth-order valence-electron chi connectivity index (χ4n) is 1.68. The molecule has 3 heteroatoms. The van der Waals surface area contributed by atoms with Gasteiger partial charge in [-0.05, 0) is 31.0 Å². The second kappa shape index (κ2) is 4.85. The Morgan fingerprint density at radius 3 is 2.35 bits per heavy atom. The first-order valence-corrected chi connectivity index (χ1v) is 6.40. The van der Waals surface area contributed by atoms with Gasteiger partial charge in [-0.3, -0.25) is 0 Å². The third kappa shape index (κ3) is 2.48. The van der Waals surface area contributed by atoms with Gasteiger partial charge in [-0.2, -0.15) is 0 Å². The van der Waals surface area contributed by atoms with E-state index in [4.69, 9.17) is 0 Å². The number of phenols is 1. The van der Waals surface area contributed by atoms with Gasteiger partial charge in [0.2, 0.25) is 0 Å². The van der Waals surface area contributed by atoms with Crippen molar-refractivity contribution in [2.75, 3.05) is 0 Å².